The van der Waals surface area contributed by atoms with E-state index in [0.29, 0.717) is 0 Å². The average molecular weight is 203 g/mol. The molecule has 4 nitrogen and oxygen atoms in total. The summed E-state index contributed by atoms with van der Waals surface area (Å²) < 4.78 is 24.8. The van der Waals surface area contributed by atoms with Crippen molar-refractivity contribution in [3.05, 3.63) is 23.0 Å². The van der Waals surface area contributed by atoms with Crippen molar-refractivity contribution >= 4 is 5.97 Å². The highest BCUT2D eigenvalue weighted by molar-refractivity contribution is 5.90. The van der Waals surface area contributed by atoms with Gasteiger partial charge in [-0.15, -0.1) is 0 Å². The number of aromatic carboxylic acids is 1. The predicted molar refractivity (Wildman–Crippen MR) is 42.6 cm³/mol. The zero-order valence-electron chi connectivity index (χ0n) is 7.16. The molecule has 0 amide bonds. The summed E-state index contributed by atoms with van der Waals surface area (Å²) in [5.41, 5.74) is -1.58. The topological polar surface area (TPSA) is 70.4 Å². The maximum absolute atomic E-state index is 12.4. The number of carboxylic acid groups (broad SMARTS) is 1. The second-order valence-corrected chi connectivity index (χ2v) is 2.63. The molecule has 0 bridgehead atoms. The number of hydrogen-bond donors (Lipinski definition) is 2. The maximum Gasteiger partial charge on any atom is 0.337 e. The molecule has 0 saturated carbocycles. The van der Waals surface area contributed by atoms with Crippen LogP contribution in [0.4, 0.5) is 8.78 Å². The van der Waals surface area contributed by atoms with Crippen LogP contribution in [0, 0.1) is 6.92 Å². The molecule has 1 heterocycles. The van der Waals surface area contributed by atoms with Crippen molar-refractivity contribution in [1.82, 2.24) is 4.98 Å². The minimum absolute atomic E-state index is 0.0229. The van der Waals surface area contributed by atoms with Gasteiger partial charge in [0.1, 0.15) is 5.75 Å². The Morgan fingerprint density at radius 2 is 2.14 bits per heavy atom. The zero-order valence-corrected chi connectivity index (χ0v) is 7.16. The molecule has 6 heteroatoms. The van der Waals surface area contributed by atoms with Crippen LogP contribution in [0.25, 0.3) is 0 Å². The monoisotopic (exact) mass is 203 g/mol. The Balaban J connectivity index is 3.45. The lowest BCUT2D eigenvalue weighted by Gasteiger charge is -2.08. The van der Waals surface area contributed by atoms with Gasteiger partial charge in [-0.25, -0.2) is 13.6 Å². The highest BCUT2D eigenvalue weighted by Gasteiger charge is 2.23. The summed E-state index contributed by atoms with van der Waals surface area (Å²) in [7, 11) is 0. The van der Waals surface area contributed by atoms with Gasteiger partial charge in [-0.2, -0.15) is 0 Å². The van der Waals surface area contributed by atoms with Crippen LogP contribution in [-0.4, -0.2) is 21.2 Å². The normalized spacial score (nSPS) is 10.6. The Labute approximate surface area is 77.8 Å². The van der Waals surface area contributed by atoms with Crippen LogP contribution in [0.1, 0.15) is 28.0 Å². The third kappa shape index (κ3) is 1.63. The van der Waals surface area contributed by atoms with Gasteiger partial charge in [0.2, 0.25) is 0 Å². The molecular formula is C8H7F2NO3. The van der Waals surface area contributed by atoms with Crippen molar-refractivity contribution in [3.8, 4) is 5.75 Å². The average Bonchev–Trinajstić information content (AvgIpc) is 2.08. The number of carbonyl (C=O) groups is 1. The van der Waals surface area contributed by atoms with E-state index in [-0.39, 0.29) is 5.69 Å². The molecule has 0 fully saturated rings. The van der Waals surface area contributed by atoms with Gasteiger partial charge >= 0.3 is 5.97 Å². The fourth-order valence-electron chi connectivity index (χ4n) is 1.01. The summed E-state index contributed by atoms with van der Waals surface area (Å²) in [5.74, 6) is -2.30. The van der Waals surface area contributed by atoms with E-state index in [1.54, 1.807) is 0 Å². The van der Waals surface area contributed by atoms with Crippen LogP contribution < -0.4 is 0 Å². The standard InChI is InChI=1S/C8H7F2NO3/c1-3-6(12)5(7(9)10)4(2-11-3)8(13)14/h2,7,12H,1H3,(H,13,14). The van der Waals surface area contributed by atoms with E-state index in [2.05, 4.69) is 4.98 Å². The van der Waals surface area contributed by atoms with E-state index in [9.17, 15) is 18.7 Å². The van der Waals surface area contributed by atoms with E-state index >= 15 is 0 Å². The van der Waals surface area contributed by atoms with Crippen molar-refractivity contribution in [3.63, 3.8) is 0 Å². The summed E-state index contributed by atoms with van der Waals surface area (Å²) in [5, 5.41) is 17.7. The Kier molecular flexibility index (Phi) is 2.64. The minimum atomic E-state index is -3.04. The Bertz CT molecular complexity index is 379. The van der Waals surface area contributed by atoms with Crippen LogP contribution in [0.2, 0.25) is 0 Å². The van der Waals surface area contributed by atoms with E-state index < -0.39 is 29.3 Å². The van der Waals surface area contributed by atoms with Crippen molar-refractivity contribution in [2.24, 2.45) is 0 Å². The molecule has 76 valence electrons. The molecule has 0 saturated heterocycles. The third-order valence-electron chi connectivity index (χ3n) is 1.72. The van der Waals surface area contributed by atoms with Crippen LogP contribution in [0.5, 0.6) is 5.75 Å². The minimum Gasteiger partial charge on any atom is -0.506 e. The van der Waals surface area contributed by atoms with Gasteiger partial charge in [-0.05, 0) is 6.92 Å². The van der Waals surface area contributed by atoms with E-state index in [1.165, 1.54) is 6.92 Å². The molecule has 1 aromatic heterocycles. The van der Waals surface area contributed by atoms with E-state index in [1.807, 2.05) is 0 Å². The molecule has 14 heavy (non-hydrogen) atoms. The number of carboxylic acids is 1. The second-order valence-electron chi connectivity index (χ2n) is 2.63. The Morgan fingerprint density at radius 3 is 2.57 bits per heavy atom. The molecule has 1 aromatic rings. The molecule has 0 radical (unpaired) electrons. The number of pyridine rings is 1. The first kappa shape index (κ1) is 10.4. The zero-order chi connectivity index (χ0) is 10.9. The lowest BCUT2D eigenvalue weighted by molar-refractivity contribution is 0.0682. The predicted octanol–water partition coefficient (Wildman–Crippen LogP) is 1.73. The first-order chi connectivity index (χ1) is 6.45. The van der Waals surface area contributed by atoms with Gasteiger partial charge in [0.05, 0.1) is 16.8 Å². The molecule has 2 N–H and O–H groups in total. The highest BCUT2D eigenvalue weighted by atomic mass is 19.3. The lowest BCUT2D eigenvalue weighted by Crippen LogP contribution is -2.05. The van der Waals surface area contributed by atoms with Crippen molar-refractivity contribution in [2.45, 2.75) is 13.3 Å². The summed E-state index contributed by atoms with van der Waals surface area (Å²) in [6.07, 6.45) is -2.23. The number of hydrogen-bond acceptors (Lipinski definition) is 3. The number of aromatic hydroxyl groups is 1. The third-order valence-corrected chi connectivity index (χ3v) is 1.72. The number of alkyl halides is 2. The molecule has 0 aliphatic carbocycles. The summed E-state index contributed by atoms with van der Waals surface area (Å²) >= 11 is 0. The van der Waals surface area contributed by atoms with Crippen molar-refractivity contribution < 1.29 is 23.8 Å². The molecule has 0 spiro atoms. The molecule has 0 aliphatic heterocycles. The summed E-state index contributed by atoms with van der Waals surface area (Å²) in [6.45, 7) is 1.31. The van der Waals surface area contributed by atoms with Gasteiger partial charge in [0.25, 0.3) is 6.43 Å². The number of nitrogens with zero attached hydrogens (tertiary/aromatic N) is 1. The first-order valence-corrected chi connectivity index (χ1v) is 3.65. The Hall–Kier alpha value is -1.72. The quantitative estimate of drug-likeness (QED) is 0.767. The SMILES string of the molecule is Cc1ncc(C(=O)O)c(C(F)F)c1O. The van der Waals surface area contributed by atoms with Gasteiger partial charge < -0.3 is 10.2 Å². The number of halogens is 2. The Morgan fingerprint density at radius 1 is 1.57 bits per heavy atom. The fraction of sp³-hybridized carbons (Fsp3) is 0.250. The lowest BCUT2D eigenvalue weighted by atomic mass is 10.1. The van der Waals surface area contributed by atoms with Crippen LogP contribution in [0.3, 0.4) is 0 Å². The molecule has 0 aromatic carbocycles. The van der Waals surface area contributed by atoms with Gasteiger partial charge in [0.15, 0.2) is 0 Å². The summed E-state index contributed by atoms with van der Waals surface area (Å²) in [6, 6.07) is 0. The highest BCUT2D eigenvalue weighted by Crippen LogP contribution is 2.32. The molecular weight excluding hydrogens is 196 g/mol. The smallest absolute Gasteiger partial charge is 0.337 e. The maximum atomic E-state index is 12.4. The van der Waals surface area contributed by atoms with Gasteiger partial charge in [-0.1, -0.05) is 0 Å². The molecule has 1 rings (SSSR count). The number of rotatable bonds is 2. The largest absolute Gasteiger partial charge is 0.506 e. The van der Waals surface area contributed by atoms with E-state index in [0.717, 1.165) is 6.20 Å². The fourth-order valence-corrected chi connectivity index (χ4v) is 1.01. The van der Waals surface area contributed by atoms with Gasteiger partial charge in [-0.3, -0.25) is 4.98 Å². The number of aryl methyl sites for hydroxylation is 1. The molecule has 0 atom stereocenters. The summed E-state index contributed by atoms with van der Waals surface area (Å²) in [4.78, 5) is 14.0. The first-order valence-electron chi connectivity index (χ1n) is 3.65. The van der Waals surface area contributed by atoms with Crippen molar-refractivity contribution in [2.75, 3.05) is 0 Å². The number of aromatic nitrogens is 1. The van der Waals surface area contributed by atoms with Crippen LogP contribution in [0.15, 0.2) is 6.20 Å². The van der Waals surface area contributed by atoms with E-state index in [4.69, 9.17) is 5.11 Å². The van der Waals surface area contributed by atoms with Crippen LogP contribution in [-0.2, 0) is 0 Å². The second kappa shape index (κ2) is 3.57. The molecule has 0 unspecified atom stereocenters. The van der Waals surface area contributed by atoms with Gasteiger partial charge in [0, 0.05) is 6.20 Å². The molecule has 0 aliphatic rings. The van der Waals surface area contributed by atoms with Crippen molar-refractivity contribution in [1.29, 1.82) is 0 Å². The van der Waals surface area contributed by atoms with Crippen LogP contribution >= 0.6 is 0 Å².